The monoisotopic (exact) mass is 250 g/mol. The van der Waals surface area contributed by atoms with Crippen LogP contribution in [-0.4, -0.2) is 24.3 Å². The second-order valence-electron chi connectivity index (χ2n) is 4.13. The molecule has 0 bridgehead atoms. The summed E-state index contributed by atoms with van der Waals surface area (Å²) < 4.78 is 10.8. The van der Waals surface area contributed by atoms with Crippen molar-refractivity contribution >= 4 is 0 Å². The van der Waals surface area contributed by atoms with Crippen molar-refractivity contribution in [1.29, 1.82) is 0 Å². The highest BCUT2D eigenvalue weighted by Crippen LogP contribution is 2.15. The molecular weight excluding hydrogens is 228 g/mol. The van der Waals surface area contributed by atoms with Crippen molar-refractivity contribution in [2.75, 3.05) is 6.61 Å². The summed E-state index contributed by atoms with van der Waals surface area (Å²) >= 11 is 0. The molecule has 1 aliphatic heterocycles. The van der Waals surface area contributed by atoms with Crippen molar-refractivity contribution in [3.63, 3.8) is 0 Å². The van der Waals surface area contributed by atoms with E-state index in [-0.39, 0.29) is 6.29 Å². The molecule has 0 aromatic heterocycles. The molecule has 1 heterocycles. The Morgan fingerprint density at radius 1 is 1.44 bits per heavy atom. The first kappa shape index (κ1) is 15.0. The summed E-state index contributed by atoms with van der Waals surface area (Å²) in [6.07, 6.45) is 10.7. The summed E-state index contributed by atoms with van der Waals surface area (Å²) in [6, 6.07) is 0. The van der Waals surface area contributed by atoms with Crippen LogP contribution >= 0.6 is 0 Å². The van der Waals surface area contributed by atoms with Crippen molar-refractivity contribution in [2.45, 2.75) is 51.6 Å². The Hall–Kier alpha value is -1.08. The molecule has 2 unspecified atom stereocenters. The van der Waals surface area contributed by atoms with E-state index < -0.39 is 6.29 Å². The predicted octanol–water partition coefficient (Wildman–Crippen LogP) is 2.76. The normalized spacial score (nSPS) is 22.0. The summed E-state index contributed by atoms with van der Waals surface area (Å²) in [4.78, 5) is 0. The van der Waals surface area contributed by atoms with Crippen molar-refractivity contribution in [3.05, 3.63) is 24.3 Å². The standard InChI is InChI=1S/C15H22O3/c1-2-3-4-5-6-7-8-11-14(16)18-15-12-9-10-13-17-15/h2-5,14-16H,8-13H2,1H3/b3-2+,5-4-. The molecule has 3 nitrogen and oxygen atoms in total. The molecule has 3 heteroatoms. The first-order chi connectivity index (χ1) is 8.83. The van der Waals surface area contributed by atoms with Crippen LogP contribution in [0.1, 0.15) is 39.0 Å². The average molecular weight is 250 g/mol. The van der Waals surface area contributed by atoms with Gasteiger partial charge in [0.25, 0.3) is 0 Å². The van der Waals surface area contributed by atoms with E-state index in [1.165, 1.54) is 0 Å². The molecule has 0 amide bonds. The van der Waals surface area contributed by atoms with Crippen LogP contribution in [0.3, 0.4) is 0 Å². The summed E-state index contributed by atoms with van der Waals surface area (Å²) in [7, 11) is 0. The largest absolute Gasteiger partial charge is 0.368 e. The minimum atomic E-state index is -0.776. The van der Waals surface area contributed by atoms with Gasteiger partial charge in [-0.3, -0.25) is 0 Å². The minimum absolute atomic E-state index is 0.240. The van der Waals surface area contributed by atoms with Crippen LogP contribution in [0, 0.1) is 11.8 Å². The third kappa shape index (κ3) is 7.29. The molecule has 0 aromatic carbocycles. The Kier molecular flexibility index (Phi) is 8.24. The number of hydrogen-bond acceptors (Lipinski definition) is 3. The van der Waals surface area contributed by atoms with Gasteiger partial charge in [0.15, 0.2) is 12.6 Å². The zero-order chi connectivity index (χ0) is 13.1. The van der Waals surface area contributed by atoms with Crippen LogP contribution in [0.2, 0.25) is 0 Å². The second-order valence-corrected chi connectivity index (χ2v) is 4.13. The molecule has 2 atom stereocenters. The van der Waals surface area contributed by atoms with Gasteiger partial charge in [-0.25, -0.2) is 0 Å². The number of hydrogen-bond donors (Lipinski definition) is 1. The number of aliphatic hydroxyl groups excluding tert-OH is 1. The highest BCUT2D eigenvalue weighted by atomic mass is 16.7. The zero-order valence-corrected chi connectivity index (χ0v) is 11.0. The summed E-state index contributed by atoms with van der Waals surface area (Å²) in [5.74, 6) is 5.86. The molecular formula is C15H22O3. The first-order valence-corrected chi connectivity index (χ1v) is 6.54. The predicted molar refractivity (Wildman–Crippen MR) is 71.6 cm³/mol. The van der Waals surface area contributed by atoms with Gasteiger partial charge in [-0.2, -0.15) is 0 Å². The Morgan fingerprint density at radius 3 is 3.06 bits per heavy atom. The van der Waals surface area contributed by atoms with Crippen LogP contribution in [0.4, 0.5) is 0 Å². The maximum Gasteiger partial charge on any atom is 0.160 e. The molecule has 18 heavy (non-hydrogen) atoms. The number of rotatable bonds is 5. The smallest absolute Gasteiger partial charge is 0.160 e. The molecule has 1 fully saturated rings. The fourth-order valence-electron chi connectivity index (χ4n) is 1.60. The lowest BCUT2D eigenvalue weighted by Gasteiger charge is -2.24. The van der Waals surface area contributed by atoms with Gasteiger partial charge in [-0.15, -0.1) is 0 Å². The molecule has 0 aromatic rings. The molecule has 0 aliphatic carbocycles. The fourth-order valence-corrected chi connectivity index (χ4v) is 1.60. The third-order valence-electron chi connectivity index (χ3n) is 2.55. The van der Waals surface area contributed by atoms with Gasteiger partial charge in [0.2, 0.25) is 0 Å². The van der Waals surface area contributed by atoms with Crippen LogP contribution in [0.5, 0.6) is 0 Å². The van der Waals surface area contributed by atoms with Gasteiger partial charge in [-0.1, -0.05) is 30.1 Å². The van der Waals surface area contributed by atoms with Gasteiger partial charge in [-0.05, 0) is 32.3 Å². The van der Waals surface area contributed by atoms with Gasteiger partial charge in [0.1, 0.15) is 0 Å². The highest BCUT2D eigenvalue weighted by molar-refractivity contribution is 5.19. The lowest BCUT2D eigenvalue weighted by Crippen LogP contribution is -2.27. The first-order valence-electron chi connectivity index (χ1n) is 6.54. The number of aliphatic hydroxyl groups is 1. The van der Waals surface area contributed by atoms with E-state index in [0.29, 0.717) is 12.8 Å². The fraction of sp³-hybridized carbons (Fsp3) is 0.600. The molecule has 1 N–H and O–H groups in total. The van der Waals surface area contributed by atoms with Crippen LogP contribution in [0.25, 0.3) is 0 Å². The Labute approximate surface area is 109 Å². The maximum atomic E-state index is 9.64. The second kappa shape index (κ2) is 9.90. The van der Waals surface area contributed by atoms with Gasteiger partial charge >= 0.3 is 0 Å². The molecule has 1 aliphatic rings. The van der Waals surface area contributed by atoms with E-state index in [2.05, 4.69) is 11.8 Å². The molecule has 0 saturated carbocycles. The van der Waals surface area contributed by atoms with Gasteiger partial charge in [0.05, 0.1) is 0 Å². The van der Waals surface area contributed by atoms with Gasteiger partial charge in [0, 0.05) is 19.4 Å². The van der Waals surface area contributed by atoms with Crippen LogP contribution in [0.15, 0.2) is 24.3 Å². The molecule has 0 radical (unpaired) electrons. The van der Waals surface area contributed by atoms with E-state index in [0.717, 1.165) is 25.9 Å². The van der Waals surface area contributed by atoms with Crippen molar-refractivity contribution in [2.24, 2.45) is 0 Å². The number of ether oxygens (including phenoxy) is 2. The third-order valence-corrected chi connectivity index (χ3v) is 2.55. The SMILES string of the molecule is C/C=C/C=C\C#CCCC(O)OC1CCCCO1. The zero-order valence-electron chi connectivity index (χ0n) is 11.0. The van der Waals surface area contributed by atoms with E-state index in [1.807, 2.05) is 25.2 Å². The summed E-state index contributed by atoms with van der Waals surface area (Å²) in [5, 5.41) is 9.64. The average Bonchev–Trinajstić information content (AvgIpc) is 2.39. The van der Waals surface area contributed by atoms with Crippen LogP contribution < -0.4 is 0 Å². The summed E-state index contributed by atoms with van der Waals surface area (Å²) in [5.41, 5.74) is 0. The van der Waals surface area contributed by atoms with E-state index >= 15 is 0 Å². The molecule has 1 rings (SSSR count). The highest BCUT2D eigenvalue weighted by Gasteiger charge is 2.17. The number of allylic oxidation sites excluding steroid dienone is 4. The van der Waals surface area contributed by atoms with E-state index in [9.17, 15) is 5.11 Å². The molecule has 1 saturated heterocycles. The van der Waals surface area contributed by atoms with Crippen molar-refractivity contribution < 1.29 is 14.6 Å². The lowest BCUT2D eigenvalue weighted by atomic mass is 10.2. The van der Waals surface area contributed by atoms with Crippen LogP contribution in [-0.2, 0) is 9.47 Å². The Bertz CT molecular complexity index is 316. The lowest BCUT2D eigenvalue weighted by molar-refractivity contribution is -0.241. The quantitative estimate of drug-likeness (QED) is 0.463. The Balaban J connectivity index is 2.10. The molecule has 100 valence electrons. The summed E-state index contributed by atoms with van der Waals surface area (Å²) in [6.45, 7) is 2.69. The van der Waals surface area contributed by atoms with Crippen molar-refractivity contribution in [3.8, 4) is 11.8 Å². The maximum absolute atomic E-state index is 9.64. The van der Waals surface area contributed by atoms with Gasteiger partial charge < -0.3 is 14.6 Å². The van der Waals surface area contributed by atoms with E-state index in [4.69, 9.17) is 9.47 Å². The minimum Gasteiger partial charge on any atom is -0.368 e. The van der Waals surface area contributed by atoms with E-state index in [1.54, 1.807) is 6.08 Å². The Morgan fingerprint density at radius 2 is 2.33 bits per heavy atom. The van der Waals surface area contributed by atoms with Crippen molar-refractivity contribution in [1.82, 2.24) is 0 Å². The topological polar surface area (TPSA) is 38.7 Å². The molecule has 0 spiro atoms.